The first-order valence-corrected chi connectivity index (χ1v) is 13.8. The Morgan fingerprint density at radius 2 is 1.47 bits per heavy atom. The molecular weight excluding hydrogens is 541 g/mol. The summed E-state index contributed by atoms with van der Waals surface area (Å²) in [5, 5.41) is 9.58. The number of fused-ring (bicyclic) bond motifs is 2. The average Bonchev–Trinajstić information content (AvgIpc) is 3.09. The molecule has 0 aromatic heterocycles. The number of likely N-dealkylation sites (tertiary alicyclic amines) is 1. The lowest BCUT2D eigenvalue weighted by atomic mass is 9.89. The molecule has 2 atom stereocenters. The van der Waals surface area contributed by atoms with E-state index in [-0.39, 0.29) is 23.7 Å². The summed E-state index contributed by atoms with van der Waals surface area (Å²) >= 11 is 0. The number of halogens is 7. The third kappa shape index (κ3) is 5.05. The molecule has 0 saturated carbocycles. The maximum absolute atomic E-state index is 15.0. The summed E-state index contributed by atoms with van der Waals surface area (Å²) in [6.07, 6.45) is -9.05. The van der Waals surface area contributed by atoms with Crippen LogP contribution in [0.15, 0.2) is 36.4 Å². The molecule has 210 valence electrons. The zero-order valence-corrected chi connectivity index (χ0v) is 21.4. The van der Waals surface area contributed by atoms with E-state index in [1.165, 1.54) is 6.26 Å². The maximum atomic E-state index is 15.0. The second kappa shape index (κ2) is 9.76. The van der Waals surface area contributed by atoms with E-state index in [0.717, 1.165) is 24.5 Å². The molecule has 2 bridgehead atoms. The van der Waals surface area contributed by atoms with Crippen LogP contribution in [0.3, 0.4) is 0 Å². The van der Waals surface area contributed by atoms with E-state index in [0.29, 0.717) is 43.2 Å². The minimum atomic E-state index is -6.11. The molecular formula is C25H27F7N2O3S. The van der Waals surface area contributed by atoms with Gasteiger partial charge in [-0.2, -0.15) is 30.6 Å². The van der Waals surface area contributed by atoms with Gasteiger partial charge in [0.2, 0.25) is 10.0 Å². The van der Waals surface area contributed by atoms with Crippen molar-refractivity contribution in [3.8, 4) is 11.1 Å². The molecule has 2 heterocycles. The average molecular weight is 569 g/mol. The highest BCUT2D eigenvalue weighted by atomic mass is 32.2. The smallest absolute Gasteiger partial charge is 0.369 e. The number of rotatable bonds is 6. The molecule has 2 fully saturated rings. The molecule has 2 aliphatic rings. The zero-order valence-electron chi connectivity index (χ0n) is 20.6. The third-order valence-corrected chi connectivity index (χ3v) is 8.69. The maximum Gasteiger partial charge on any atom is 0.430 e. The highest BCUT2D eigenvalue weighted by Crippen LogP contribution is 2.50. The summed E-state index contributed by atoms with van der Waals surface area (Å²) in [7, 11) is -3.31. The quantitative estimate of drug-likeness (QED) is 0.500. The van der Waals surface area contributed by atoms with Crippen molar-refractivity contribution >= 4 is 10.0 Å². The van der Waals surface area contributed by atoms with Crippen LogP contribution in [0.1, 0.15) is 36.5 Å². The molecule has 38 heavy (non-hydrogen) atoms. The second-order valence-electron chi connectivity index (χ2n) is 9.92. The molecule has 2 aromatic rings. The van der Waals surface area contributed by atoms with Gasteiger partial charge in [-0.15, -0.1) is 0 Å². The predicted molar refractivity (Wildman–Crippen MR) is 126 cm³/mol. The predicted octanol–water partition coefficient (Wildman–Crippen LogP) is 4.98. The van der Waals surface area contributed by atoms with Crippen molar-refractivity contribution in [1.29, 1.82) is 0 Å². The Morgan fingerprint density at radius 3 is 1.95 bits per heavy atom. The van der Waals surface area contributed by atoms with Crippen molar-refractivity contribution in [2.75, 3.05) is 19.3 Å². The van der Waals surface area contributed by atoms with Crippen LogP contribution in [0.5, 0.6) is 0 Å². The van der Waals surface area contributed by atoms with Crippen LogP contribution >= 0.6 is 0 Å². The molecule has 5 nitrogen and oxygen atoms in total. The molecule has 2 aliphatic heterocycles. The fraction of sp³-hybridized carbons (Fsp3) is 0.520. The SMILES string of the molecule is CCc1cc(CN2CC3CCC(C2)N3S(C)(=O)=O)ccc1-c1ccc(C(O)(C(F)(F)F)C(F)(F)F)cc1F. The van der Waals surface area contributed by atoms with Crippen LogP contribution in [-0.4, -0.2) is 66.5 Å². The highest BCUT2D eigenvalue weighted by molar-refractivity contribution is 7.88. The first-order valence-electron chi connectivity index (χ1n) is 12.0. The van der Waals surface area contributed by atoms with Gasteiger partial charge < -0.3 is 5.11 Å². The Balaban J connectivity index is 1.59. The van der Waals surface area contributed by atoms with Crippen LogP contribution in [0.4, 0.5) is 30.7 Å². The van der Waals surface area contributed by atoms with Crippen molar-refractivity contribution in [2.24, 2.45) is 0 Å². The van der Waals surface area contributed by atoms with Gasteiger partial charge in [0.05, 0.1) is 6.26 Å². The van der Waals surface area contributed by atoms with Gasteiger partial charge in [0.25, 0.3) is 5.60 Å². The minimum absolute atomic E-state index is 0.0701. The molecule has 0 radical (unpaired) electrons. The van der Waals surface area contributed by atoms with Gasteiger partial charge in [-0.3, -0.25) is 4.90 Å². The van der Waals surface area contributed by atoms with Crippen molar-refractivity contribution in [2.45, 2.75) is 62.8 Å². The van der Waals surface area contributed by atoms with Crippen LogP contribution in [0.25, 0.3) is 11.1 Å². The Labute approximate surface area is 215 Å². The Hall–Kier alpha value is -2.22. The number of alkyl halides is 6. The molecule has 0 spiro atoms. The summed E-state index contributed by atoms with van der Waals surface area (Å²) in [6.45, 7) is 3.41. The Kier molecular flexibility index (Phi) is 7.39. The van der Waals surface area contributed by atoms with E-state index in [9.17, 15) is 44.3 Å². The normalized spacial score (nSPS) is 21.7. The standard InChI is InChI=1S/C25H27F7N2O3S/c1-3-16-10-15(12-33-13-18-6-7-19(14-33)34(18)38(2,36)37)4-8-20(16)21-9-5-17(11-22(21)26)23(35,24(27,28)29)25(30,31)32/h4-5,8-11,18-19,35H,3,6-7,12-14H2,1-2H3. The van der Waals surface area contributed by atoms with Crippen molar-refractivity contribution in [1.82, 2.24) is 9.21 Å². The lowest BCUT2D eigenvalue weighted by molar-refractivity contribution is -0.376. The van der Waals surface area contributed by atoms with Gasteiger partial charge in [-0.1, -0.05) is 37.3 Å². The summed E-state index contributed by atoms with van der Waals surface area (Å²) in [5.74, 6) is -1.33. The minimum Gasteiger partial charge on any atom is -0.369 e. The fourth-order valence-corrected chi connectivity index (χ4v) is 7.06. The third-order valence-electron chi connectivity index (χ3n) is 7.33. The fourth-order valence-electron chi connectivity index (χ4n) is 5.63. The topological polar surface area (TPSA) is 60.9 Å². The number of benzene rings is 2. The van der Waals surface area contributed by atoms with E-state index in [4.69, 9.17) is 0 Å². The summed E-state index contributed by atoms with van der Waals surface area (Å²) in [6, 6.07) is 6.17. The summed E-state index contributed by atoms with van der Waals surface area (Å²) in [5.41, 5.74) is -5.26. The molecule has 4 rings (SSSR count). The van der Waals surface area contributed by atoms with E-state index >= 15 is 0 Å². The Morgan fingerprint density at radius 1 is 0.921 bits per heavy atom. The lowest BCUT2D eigenvalue weighted by Gasteiger charge is -2.39. The number of hydrogen-bond donors (Lipinski definition) is 1. The molecule has 2 saturated heterocycles. The number of aliphatic hydroxyl groups is 1. The number of sulfonamides is 1. The van der Waals surface area contributed by atoms with E-state index < -0.39 is 39.4 Å². The summed E-state index contributed by atoms with van der Waals surface area (Å²) < 4.78 is 120. The number of hydrogen-bond acceptors (Lipinski definition) is 4. The van der Waals surface area contributed by atoms with Crippen molar-refractivity contribution in [3.05, 3.63) is 58.9 Å². The molecule has 1 N–H and O–H groups in total. The van der Waals surface area contributed by atoms with Crippen molar-refractivity contribution < 1.29 is 44.3 Å². The monoisotopic (exact) mass is 568 g/mol. The van der Waals surface area contributed by atoms with Gasteiger partial charge in [-0.25, -0.2) is 12.8 Å². The Bertz CT molecular complexity index is 1280. The van der Waals surface area contributed by atoms with Gasteiger partial charge in [0.15, 0.2) is 0 Å². The van der Waals surface area contributed by atoms with Gasteiger partial charge in [-0.05, 0) is 42.0 Å². The number of aryl methyl sites for hydroxylation is 1. The first kappa shape index (κ1) is 28.8. The lowest BCUT2D eigenvalue weighted by Crippen LogP contribution is -2.54. The van der Waals surface area contributed by atoms with Crippen LogP contribution < -0.4 is 0 Å². The molecule has 0 aliphatic carbocycles. The van der Waals surface area contributed by atoms with Crippen molar-refractivity contribution in [3.63, 3.8) is 0 Å². The molecule has 2 unspecified atom stereocenters. The van der Waals surface area contributed by atoms with E-state index in [1.807, 2.05) is 0 Å². The first-order chi connectivity index (χ1) is 17.5. The van der Waals surface area contributed by atoms with Gasteiger partial charge in [0, 0.05) is 42.8 Å². The second-order valence-corrected chi connectivity index (χ2v) is 11.8. The van der Waals surface area contributed by atoms with Crippen LogP contribution in [0, 0.1) is 5.82 Å². The summed E-state index contributed by atoms with van der Waals surface area (Å²) in [4.78, 5) is 2.14. The van der Waals surface area contributed by atoms with E-state index in [2.05, 4.69) is 4.90 Å². The largest absolute Gasteiger partial charge is 0.430 e. The van der Waals surface area contributed by atoms with Gasteiger partial charge >= 0.3 is 12.4 Å². The van der Waals surface area contributed by atoms with E-state index in [1.54, 1.807) is 29.4 Å². The van der Waals surface area contributed by atoms with Gasteiger partial charge in [0.1, 0.15) is 5.82 Å². The number of piperazine rings is 1. The zero-order chi connectivity index (χ0) is 28.3. The molecule has 13 heteroatoms. The molecule has 2 aromatic carbocycles. The molecule has 0 amide bonds. The van der Waals surface area contributed by atoms with Crippen LogP contribution in [0.2, 0.25) is 0 Å². The number of nitrogens with zero attached hydrogens (tertiary/aromatic N) is 2. The highest BCUT2D eigenvalue weighted by Gasteiger charge is 2.71. The van der Waals surface area contributed by atoms with Crippen LogP contribution in [-0.2, 0) is 28.6 Å².